The number of thioether (sulfide) groups is 1. The number of hydrogen-bond donors (Lipinski definition) is 0. The van der Waals surface area contributed by atoms with Gasteiger partial charge in [-0.15, -0.1) is 0 Å². The summed E-state index contributed by atoms with van der Waals surface area (Å²) in [7, 11) is -5.10. The summed E-state index contributed by atoms with van der Waals surface area (Å²) in [6.45, 7) is 2.82. The van der Waals surface area contributed by atoms with Crippen LogP contribution in [0.5, 0.6) is 0 Å². The number of unbranched alkanes of at least 4 members (excludes halogenated alkanes) is 17. The maximum Gasteiger partial charge on any atom is 1.00 e. The molecule has 0 bridgehead atoms. The number of phosphoric ester groups is 1. The Bertz CT molecular complexity index is 599. The van der Waals surface area contributed by atoms with Crippen LogP contribution in [0, 0.1) is 0 Å². The van der Waals surface area contributed by atoms with Crippen LogP contribution in [0.1, 0.15) is 135 Å². The van der Waals surface area contributed by atoms with E-state index in [4.69, 9.17) is 4.74 Å². The first-order valence-electron chi connectivity index (χ1n) is 14.9. The van der Waals surface area contributed by atoms with Crippen molar-refractivity contribution in [1.82, 2.24) is 0 Å². The van der Waals surface area contributed by atoms with Crippen molar-refractivity contribution in [1.29, 1.82) is 0 Å². The average molecular weight is 627 g/mol. The third-order valence-electron chi connectivity index (χ3n) is 6.37. The van der Waals surface area contributed by atoms with Crippen LogP contribution in [0.3, 0.4) is 0 Å². The van der Waals surface area contributed by atoms with Crippen LogP contribution in [0.2, 0.25) is 0 Å². The van der Waals surface area contributed by atoms with Gasteiger partial charge in [-0.05, 0) is 25.0 Å². The van der Waals surface area contributed by atoms with Gasteiger partial charge in [0.2, 0.25) is 0 Å². The first-order valence-corrected chi connectivity index (χ1v) is 17.5. The Morgan fingerprint density at radius 3 is 1.75 bits per heavy atom. The maximum absolute atomic E-state index is 12.2. The zero-order valence-electron chi connectivity index (χ0n) is 25.7. The van der Waals surface area contributed by atoms with Crippen molar-refractivity contribution in [2.75, 3.05) is 24.7 Å². The van der Waals surface area contributed by atoms with Crippen LogP contribution in [0.15, 0.2) is 0 Å². The van der Waals surface area contributed by atoms with Crippen molar-refractivity contribution in [2.24, 2.45) is 0 Å². The zero-order chi connectivity index (χ0) is 28.2. The molecule has 0 saturated heterocycles. The van der Waals surface area contributed by atoms with Gasteiger partial charge in [0.15, 0.2) is 0 Å². The molecule has 0 amide bonds. The van der Waals surface area contributed by atoms with Crippen molar-refractivity contribution in [3.8, 4) is 0 Å². The van der Waals surface area contributed by atoms with Crippen LogP contribution in [-0.2, 0) is 28.2 Å². The number of ether oxygens (including phenoxy) is 2. The summed E-state index contributed by atoms with van der Waals surface area (Å²) in [6, 6.07) is 0. The predicted molar refractivity (Wildman–Crippen MR) is 151 cm³/mol. The summed E-state index contributed by atoms with van der Waals surface area (Å²) in [4.78, 5) is 44.0. The van der Waals surface area contributed by atoms with Gasteiger partial charge in [0, 0.05) is 12.2 Å². The fraction of sp³-hybridized carbons (Fsp3) is 0.929. The van der Waals surface area contributed by atoms with Gasteiger partial charge < -0.3 is 28.3 Å². The molecule has 0 aliphatic heterocycles. The number of phosphoric acid groups is 1. The molecular weight excluding hydrogens is 573 g/mol. The van der Waals surface area contributed by atoms with Crippen molar-refractivity contribution in [3.05, 3.63) is 0 Å². The molecule has 0 heterocycles. The van der Waals surface area contributed by atoms with Crippen LogP contribution in [0.25, 0.3) is 0 Å². The topological polar surface area (TPSA) is 125 Å². The van der Waals surface area contributed by atoms with Gasteiger partial charge in [-0.2, -0.15) is 11.8 Å². The van der Waals surface area contributed by atoms with Crippen molar-refractivity contribution in [2.45, 2.75) is 141 Å². The SMILES string of the molecule is CCCCCCCCCCCC(=O)O[C@H](COP(=O)([O-])[O-])CSCCCCCCCCCCCCOC=O.[Na+].[Na+]. The van der Waals surface area contributed by atoms with Crippen LogP contribution in [0.4, 0.5) is 0 Å². The Kier molecular flexibility index (Phi) is 40.0. The molecule has 12 heteroatoms. The summed E-state index contributed by atoms with van der Waals surface area (Å²) in [5, 5.41) is 0. The van der Waals surface area contributed by atoms with E-state index >= 15 is 0 Å². The van der Waals surface area contributed by atoms with E-state index < -0.39 is 20.5 Å². The monoisotopic (exact) mass is 626 g/mol. The molecule has 40 heavy (non-hydrogen) atoms. The van der Waals surface area contributed by atoms with Gasteiger partial charge in [0.05, 0.1) is 21.0 Å². The van der Waals surface area contributed by atoms with Crippen molar-refractivity contribution in [3.63, 3.8) is 0 Å². The molecule has 0 aromatic heterocycles. The minimum Gasteiger partial charge on any atom is -0.790 e. The Morgan fingerprint density at radius 1 is 0.775 bits per heavy atom. The molecule has 0 aliphatic rings. The molecule has 0 radical (unpaired) electrons. The largest absolute Gasteiger partial charge is 1.00 e. The van der Waals surface area contributed by atoms with E-state index in [1.54, 1.807) is 11.8 Å². The second-order valence-corrected chi connectivity index (χ2v) is 12.3. The zero-order valence-corrected chi connectivity index (χ0v) is 31.5. The van der Waals surface area contributed by atoms with E-state index in [0.29, 0.717) is 25.3 Å². The normalized spacial score (nSPS) is 11.8. The molecule has 0 N–H and O–H groups in total. The predicted octanol–water partition coefficient (Wildman–Crippen LogP) is 0.480. The summed E-state index contributed by atoms with van der Waals surface area (Å²) in [5.41, 5.74) is 0. The van der Waals surface area contributed by atoms with Gasteiger partial charge >= 0.3 is 65.1 Å². The first-order chi connectivity index (χ1) is 18.4. The Morgan fingerprint density at radius 2 is 1.25 bits per heavy atom. The number of rotatable bonds is 30. The van der Waals surface area contributed by atoms with Crippen molar-refractivity contribution < 1.29 is 97.1 Å². The number of carbonyl (C=O) groups is 2. The average Bonchev–Trinajstić information content (AvgIpc) is 2.88. The number of esters is 1. The summed E-state index contributed by atoms with van der Waals surface area (Å²) in [5.74, 6) is 0.950. The molecule has 0 spiro atoms. The summed E-state index contributed by atoms with van der Waals surface area (Å²) >= 11 is 1.60. The second-order valence-electron chi connectivity index (χ2n) is 10.0. The molecule has 226 valence electrons. The Hall–Kier alpha value is 1.40. The molecule has 8 nitrogen and oxygen atoms in total. The Labute approximate surface area is 292 Å². The molecule has 0 saturated carbocycles. The fourth-order valence-corrected chi connectivity index (χ4v) is 5.53. The number of hydrogen-bond acceptors (Lipinski definition) is 9. The van der Waals surface area contributed by atoms with Gasteiger partial charge in [0.1, 0.15) is 6.10 Å². The summed E-state index contributed by atoms with van der Waals surface area (Å²) in [6.07, 6.45) is 21.5. The molecule has 0 aromatic rings. The Balaban J connectivity index is -0.00000684. The van der Waals surface area contributed by atoms with Gasteiger partial charge in [-0.25, -0.2) is 0 Å². The maximum atomic E-state index is 12.2. The summed E-state index contributed by atoms with van der Waals surface area (Å²) < 4.78 is 25.4. The van der Waals surface area contributed by atoms with E-state index in [1.165, 1.54) is 77.0 Å². The van der Waals surface area contributed by atoms with Gasteiger partial charge in [0.25, 0.3) is 6.47 Å². The standard InChI is InChI=1S/C28H55O8PS.2Na/c1-2-3-4-5-6-9-12-15-18-21-28(30)36-27(24-35-37(31,32)33)25-38-23-20-17-14-11-8-7-10-13-16-19-22-34-26-29;;/h26-27H,2-25H2,1H3,(H2,31,32,33);;/q;2*+1/p-2/t27-;;/m1../s1. The fourth-order valence-electron chi connectivity index (χ4n) is 4.18. The molecule has 0 rings (SSSR count). The quantitative estimate of drug-likeness (QED) is 0.0368. The van der Waals surface area contributed by atoms with Crippen LogP contribution in [-0.4, -0.2) is 43.3 Å². The van der Waals surface area contributed by atoms with Crippen LogP contribution >= 0.6 is 19.6 Å². The smallest absolute Gasteiger partial charge is 0.790 e. The first kappa shape index (κ1) is 45.8. The third-order valence-corrected chi connectivity index (χ3v) is 8.02. The minimum absolute atomic E-state index is 0. The van der Waals surface area contributed by atoms with E-state index in [2.05, 4.69) is 16.2 Å². The van der Waals surface area contributed by atoms with E-state index in [0.717, 1.165) is 50.7 Å². The van der Waals surface area contributed by atoms with Crippen molar-refractivity contribution >= 4 is 32.0 Å². The molecular formula is C28H53Na2O8PS. The molecule has 0 unspecified atom stereocenters. The molecule has 1 atom stereocenters. The van der Waals surface area contributed by atoms with E-state index in [1.807, 2.05) is 0 Å². The van der Waals surface area contributed by atoms with Gasteiger partial charge in [-0.3, -0.25) is 9.59 Å². The van der Waals surface area contributed by atoms with E-state index in [9.17, 15) is 23.9 Å². The molecule has 0 aromatic carbocycles. The number of carbonyl (C=O) groups excluding carboxylic acids is 2. The van der Waals surface area contributed by atoms with Gasteiger partial charge in [-0.1, -0.05) is 110 Å². The molecule has 0 fully saturated rings. The third kappa shape index (κ3) is 37.4. The van der Waals surface area contributed by atoms with Crippen LogP contribution < -0.4 is 68.9 Å². The molecule has 0 aliphatic carbocycles. The second kappa shape index (κ2) is 34.9. The van der Waals surface area contributed by atoms with E-state index in [-0.39, 0.29) is 65.1 Å². The minimum atomic E-state index is -5.10.